The number of rotatable bonds is 5. The predicted octanol–water partition coefficient (Wildman–Crippen LogP) is 2.73. The van der Waals surface area contributed by atoms with E-state index in [1.807, 2.05) is 12.3 Å². The first-order valence-electron chi connectivity index (χ1n) is 5.65. The third-order valence-corrected chi connectivity index (χ3v) is 2.78. The predicted molar refractivity (Wildman–Crippen MR) is 71.5 cm³/mol. The minimum atomic E-state index is 0.822. The standard InChI is InChI=1S/C12H15BrN4/c1-2-3-14-7-11-8-16-12(17-11)9-4-10(13)6-15-5-9/h4-6,8,14H,2-3,7H2,1H3,(H,16,17). The molecule has 90 valence electrons. The van der Waals surface area contributed by atoms with Gasteiger partial charge in [0.05, 0.1) is 0 Å². The third kappa shape index (κ3) is 3.38. The van der Waals surface area contributed by atoms with E-state index in [-0.39, 0.29) is 0 Å². The maximum Gasteiger partial charge on any atom is 0.139 e. The second-order valence-corrected chi connectivity index (χ2v) is 4.74. The van der Waals surface area contributed by atoms with E-state index < -0.39 is 0 Å². The highest BCUT2D eigenvalue weighted by Gasteiger charge is 2.04. The molecule has 0 aliphatic carbocycles. The average molecular weight is 295 g/mol. The molecule has 0 aliphatic rings. The fourth-order valence-corrected chi connectivity index (χ4v) is 1.90. The second kappa shape index (κ2) is 5.93. The van der Waals surface area contributed by atoms with Crippen LogP contribution < -0.4 is 5.32 Å². The van der Waals surface area contributed by atoms with Gasteiger partial charge in [0.1, 0.15) is 5.82 Å². The highest BCUT2D eigenvalue weighted by atomic mass is 79.9. The lowest BCUT2D eigenvalue weighted by atomic mass is 10.3. The molecule has 0 aromatic carbocycles. The molecule has 4 nitrogen and oxygen atoms in total. The summed E-state index contributed by atoms with van der Waals surface area (Å²) in [4.78, 5) is 11.8. The second-order valence-electron chi connectivity index (χ2n) is 3.83. The first kappa shape index (κ1) is 12.3. The highest BCUT2D eigenvalue weighted by Crippen LogP contribution is 2.18. The summed E-state index contributed by atoms with van der Waals surface area (Å²) in [6, 6.07) is 2.00. The Morgan fingerprint density at radius 2 is 2.24 bits per heavy atom. The van der Waals surface area contributed by atoms with E-state index in [0.717, 1.165) is 41.1 Å². The van der Waals surface area contributed by atoms with Crippen LogP contribution in [-0.2, 0) is 6.54 Å². The molecule has 2 aromatic heterocycles. The van der Waals surface area contributed by atoms with E-state index >= 15 is 0 Å². The molecule has 0 saturated heterocycles. The summed E-state index contributed by atoms with van der Waals surface area (Å²) >= 11 is 3.40. The van der Waals surface area contributed by atoms with Gasteiger partial charge in [0.2, 0.25) is 0 Å². The van der Waals surface area contributed by atoms with Crippen molar-refractivity contribution in [2.75, 3.05) is 6.54 Å². The van der Waals surface area contributed by atoms with Crippen molar-refractivity contribution in [1.82, 2.24) is 20.3 Å². The van der Waals surface area contributed by atoms with Gasteiger partial charge in [-0.15, -0.1) is 0 Å². The van der Waals surface area contributed by atoms with Gasteiger partial charge in [-0.05, 0) is 35.0 Å². The minimum Gasteiger partial charge on any atom is -0.341 e. The molecule has 0 radical (unpaired) electrons. The molecule has 0 saturated carbocycles. The van der Waals surface area contributed by atoms with Gasteiger partial charge in [0.25, 0.3) is 0 Å². The maximum atomic E-state index is 4.35. The highest BCUT2D eigenvalue weighted by molar-refractivity contribution is 9.10. The number of hydrogen-bond donors (Lipinski definition) is 2. The van der Waals surface area contributed by atoms with Crippen molar-refractivity contribution in [1.29, 1.82) is 0 Å². The Kier molecular flexibility index (Phi) is 4.28. The fourth-order valence-electron chi connectivity index (χ4n) is 1.54. The normalized spacial score (nSPS) is 10.7. The Morgan fingerprint density at radius 3 is 3.00 bits per heavy atom. The molecular formula is C12H15BrN4. The lowest BCUT2D eigenvalue weighted by Crippen LogP contribution is -2.13. The molecule has 0 aliphatic heterocycles. The monoisotopic (exact) mass is 294 g/mol. The zero-order valence-electron chi connectivity index (χ0n) is 9.70. The van der Waals surface area contributed by atoms with Gasteiger partial charge >= 0.3 is 0 Å². The average Bonchev–Trinajstić information content (AvgIpc) is 2.78. The summed E-state index contributed by atoms with van der Waals surface area (Å²) < 4.78 is 0.956. The van der Waals surface area contributed by atoms with Crippen molar-refractivity contribution < 1.29 is 0 Å². The van der Waals surface area contributed by atoms with E-state index in [9.17, 15) is 0 Å². The van der Waals surface area contributed by atoms with Crippen molar-refractivity contribution in [3.8, 4) is 11.4 Å². The Labute approximate surface area is 109 Å². The summed E-state index contributed by atoms with van der Waals surface area (Å²) in [7, 11) is 0. The van der Waals surface area contributed by atoms with Crippen LogP contribution in [0, 0.1) is 0 Å². The van der Waals surface area contributed by atoms with E-state index in [1.54, 1.807) is 12.4 Å². The molecule has 2 rings (SSSR count). The number of hydrogen-bond acceptors (Lipinski definition) is 3. The Hall–Kier alpha value is -1.20. The minimum absolute atomic E-state index is 0.822. The lowest BCUT2D eigenvalue weighted by molar-refractivity contribution is 0.667. The molecule has 17 heavy (non-hydrogen) atoms. The van der Waals surface area contributed by atoms with Crippen molar-refractivity contribution in [2.45, 2.75) is 19.9 Å². The van der Waals surface area contributed by atoms with Crippen LogP contribution in [0.3, 0.4) is 0 Å². The number of H-pyrrole nitrogens is 1. The summed E-state index contributed by atoms with van der Waals surface area (Å²) in [5.41, 5.74) is 2.08. The number of pyridine rings is 1. The molecule has 0 spiro atoms. The Balaban J connectivity index is 2.07. The molecular weight excluding hydrogens is 280 g/mol. The van der Waals surface area contributed by atoms with E-state index in [1.165, 1.54) is 0 Å². The molecule has 0 fully saturated rings. The Bertz CT molecular complexity index is 481. The lowest BCUT2D eigenvalue weighted by Gasteiger charge is -1.99. The third-order valence-electron chi connectivity index (χ3n) is 2.35. The van der Waals surface area contributed by atoms with Crippen LogP contribution in [0.5, 0.6) is 0 Å². The molecule has 0 unspecified atom stereocenters. The SMILES string of the molecule is CCCNCc1cnc(-c2cncc(Br)c2)[nH]1. The zero-order chi connectivity index (χ0) is 12.1. The van der Waals surface area contributed by atoms with Crippen LogP contribution >= 0.6 is 15.9 Å². The topological polar surface area (TPSA) is 53.6 Å². The molecule has 0 atom stereocenters. The molecule has 2 N–H and O–H groups in total. The quantitative estimate of drug-likeness (QED) is 0.834. The van der Waals surface area contributed by atoms with Gasteiger partial charge in [-0.1, -0.05) is 6.92 Å². The van der Waals surface area contributed by atoms with Gasteiger partial charge in [-0.25, -0.2) is 4.98 Å². The van der Waals surface area contributed by atoms with Crippen LogP contribution in [-0.4, -0.2) is 21.5 Å². The van der Waals surface area contributed by atoms with Crippen molar-refractivity contribution in [3.05, 3.63) is 34.8 Å². The van der Waals surface area contributed by atoms with E-state index in [2.05, 4.69) is 43.1 Å². The molecule has 0 bridgehead atoms. The van der Waals surface area contributed by atoms with Crippen molar-refractivity contribution in [3.63, 3.8) is 0 Å². The number of nitrogens with one attached hydrogen (secondary N) is 2. The number of nitrogens with zero attached hydrogens (tertiary/aromatic N) is 2. The van der Waals surface area contributed by atoms with Crippen LogP contribution in [0.15, 0.2) is 29.1 Å². The molecule has 2 aromatic rings. The van der Waals surface area contributed by atoms with Gasteiger partial charge < -0.3 is 10.3 Å². The molecule has 0 amide bonds. The summed E-state index contributed by atoms with van der Waals surface area (Å²) in [6.07, 6.45) is 6.55. The largest absolute Gasteiger partial charge is 0.341 e. The maximum absolute atomic E-state index is 4.35. The summed E-state index contributed by atoms with van der Waals surface area (Å²) in [5, 5.41) is 3.33. The van der Waals surface area contributed by atoms with Crippen LogP contribution in [0.1, 0.15) is 19.0 Å². The van der Waals surface area contributed by atoms with Crippen LogP contribution in [0.25, 0.3) is 11.4 Å². The van der Waals surface area contributed by atoms with E-state index in [4.69, 9.17) is 0 Å². The van der Waals surface area contributed by atoms with Gasteiger partial charge in [-0.3, -0.25) is 4.98 Å². The van der Waals surface area contributed by atoms with Gasteiger partial charge in [0.15, 0.2) is 0 Å². The smallest absolute Gasteiger partial charge is 0.139 e. The zero-order valence-corrected chi connectivity index (χ0v) is 11.3. The number of imidazole rings is 1. The van der Waals surface area contributed by atoms with Crippen LogP contribution in [0.2, 0.25) is 0 Å². The molecule has 2 heterocycles. The summed E-state index contributed by atoms with van der Waals surface area (Å²) in [6.45, 7) is 3.99. The number of aromatic nitrogens is 3. The van der Waals surface area contributed by atoms with Gasteiger partial charge in [0, 0.05) is 40.9 Å². The number of aromatic amines is 1. The summed E-state index contributed by atoms with van der Waals surface area (Å²) in [5.74, 6) is 0.854. The van der Waals surface area contributed by atoms with Crippen molar-refractivity contribution in [2.24, 2.45) is 0 Å². The molecule has 5 heteroatoms. The van der Waals surface area contributed by atoms with E-state index in [0.29, 0.717) is 0 Å². The van der Waals surface area contributed by atoms with Gasteiger partial charge in [-0.2, -0.15) is 0 Å². The van der Waals surface area contributed by atoms with Crippen molar-refractivity contribution >= 4 is 15.9 Å². The first-order valence-corrected chi connectivity index (χ1v) is 6.44. The number of halogens is 1. The Morgan fingerprint density at radius 1 is 1.35 bits per heavy atom. The first-order chi connectivity index (χ1) is 8.29. The van der Waals surface area contributed by atoms with Crippen LogP contribution in [0.4, 0.5) is 0 Å². The fraction of sp³-hybridized carbons (Fsp3) is 0.333.